The van der Waals surface area contributed by atoms with Crippen LogP contribution < -0.4 is 5.32 Å². The van der Waals surface area contributed by atoms with Gasteiger partial charge in [0.05, 0.1) is 0 Å². The monoisotopic (exact) mass is 295 g/mol. The van der Waals surface area contributed by atoms with Gasteiger partial charge in [-0.15, -0.1) is 0 Å². The van der Waals surface area contributed by atoms with Gasteiger partial charge in [-0.25, -0.2) is 4.79 Å². The summed E-state index contributed by atoms with van der Waals surface area (Å²) in [4.78, 5) is 39.9. The molecule has 1 aliphatic carbocycles. The first-order valence-corrected chi connectivity index (χ1v) is 7.96. The average Bonchev–Trinajstić information content (AvgIpc) is 2.66. The third kappa shape index (κ3) is 2.89. The summed E-state index contributed by atoms with van der Waals surface area (Å²) in [7, 11) is 0. The molecule has 1 heterocycles. The van der Waals surface area contributed by atoms with Gasteiger partial charge in [0.25, 0.3) is 5.91 Å². The van der Waals surface area contributed by atoms with Crippen LogP contribution in [0.2, 0.25) is 0 Å². The molecule has 2 rings (SSSR count). The molecule has 0 aromatic heterocycles. The normalized spacial score (nSPS) is 21.3. The molecule has 1 saturated heterocycles. The molecule has 4 amide bonds. The largest absolute Gasteiger partial charge is 0.342 e. The molecule has 1 saturated carbocycles. The predicted octanol–water partition coefficient (Wildman–Crippen LogP) is 1.50. The van der Waals surface area contributed by atoms with Crippen LogP contribution in [0.15, 0.2) is 0 Å². The Morgan fingerprint density at radius 1 is 1.14 bits per heavy atom. The highest BCUT2D eigenvalue weighted by Crippen LogP contribution is 2.36. The van der Waals surface area contributed by atoms with E-state index in [0.29, 0.717) is 25.9 Å². The predicted molar refractivity (Wildman–Crippen MR) is 78.6 cm³/mol. The summed E-state index contributed by atoms with van der Waals surface area (Å²) in [5, 5.41) is 2.41. The lowest BCUT2D eigenvalue weighted by atomic mass is 9.88. The summed E-state index contributed by atoms with van der Waals surface area (Å²) in [6, 6.07) is -0.414. The molecular formula is C15H25N3O3. The second-order valence-corrected chi connectivity index (χ2v) is 5.86. The van der Waals surface area contributed by atoms with E-state index in [0.717, 1.165) is 25.7 Å². The Morgan fingerprint density at radius 2 is 1.71 bits per heavy atom. The first-order valence-electron chi connectivity index (χ1n) is 7.96. The number of nitrogens with one attached hydrogen (secondary N) is 1. The van der Waals surface area contributed by atoms with E-state index >= 15 is 0 Å². The number of likely N-dealkylation sites (N-methyl/N-ethyl adjacent to an activating group) is 1. The maximum absolute atomic E-state index is 12.3. The highest BCUT2D eigenvalue weighted by molar-refractivity contribution is 6.08. The topological polar surface area (TPSA) is 69.7 Å². The first kappa shape index (κ1) is 15.8. The number of imide groups is 1. The number of hydrogen-bond acceptors (Lipinski definition) is 3. The fourth-order valence-corrected chi connectivity index (χ4v) is 3.44. The lowest BCUT2D eigenvalue weighted by molar-refractivity contribution is -0.134. The number of nitrogens with zero attached hydrogens (tertiary/aromatic N) is 2. The van der Waals surface area contributed by atoms with Gasteiger partial charge in [0.15, 0.2) is 0 Å². The maximum atomic E-state index is 12.3. The number of carbonyl (C=O) groups excluding carboxylic acids is 3. The Hall–Kier alpha value is -1.59. The molecule has 2 fully saturated rings. The Labute approximate surface area is 125 Å². The summed E-state index contributed by atoms with van der Waals surface area (Å²) < 4.78 is 0. The van der Waals surface area contributed by atoms with Crippen LogP contribution in [-0.2, 0) is 9.59 Å². The third-order valence-corrected chi connectivity index (χ3v) is 4.75. The van der Waals surface area contributed by atoms with E-state index in [1.54, 1.807) is 4.90 Å². The van der Waals surface area contributed by atoms with Crippen molar-refractivity contribution < 1.29 is 14.4 Å². The van der Waals surface area contributed by atoms with Crippen molar-refractivity contribution in [2.75, 3.05) is 19.6 Å². The highest BCUT2D eigenvalue weighted by atomic mass is 16.2. The molecule has 1 aliphatic heterocycles. The quantitative estimate of drug-likeness (QED) is 0.799. The Kier molecular flexibility index (Phi) is 4.85. The van der Waals surface area contributed by atoms with Gasteiger partial charge < -0.3 is 9.80 Å². The fraction of sp³-hybridized carbons (Fsp3) is 0.800. The molecule has 0 aromatic carbocycles. The number of rotatable bonds is 4. The van der Waals surface area contributed by atoms with Gasteiger partial charge >= 0.3 is 6.03 Å². The van der Waals surface area contributed by atoms with Crippen molar-refractivity contribution in [1.29, 1.82) is 0 Å². The smallest absolute Gasteiger partial charge is 0.325 e. The second-order valence-electron chi connectivity index (χ2n) is 5.86. The van der Waals surface area contributed by atoms with Crippen LogP contribution in [0, 0.1) is 0 Å². The van der Waals surface area contributed by atoms with Gasteiger partial charge in [0.2, 0.25) is 5.91 Å². The molecule has 6 nitrogen and oxygen atoms in total. The van der Waals surface area contributed by atoms with Gasteiger partial charge in [-0.3, -0.25) is 14.9 Å². The number of carbonyl (C=O) groups is 3. The van der Waals surface area contributed by atoms with Crippen molar-refractivity contribution in [2.24, 2.45) is 0 Å². The first-order chi connectivity index (χ1) is 10.0. The molecule has 0 atom stereocenters. The molecule has 1 N–H and O–H groups in total. The number of urea groups is 1. The molecule has 1 spiro atoms. The van der Waals surface area contributed by atoms with Crippen LogP contribution in [0.5, 0.6) is 0 Å². The summed E-state index contributed by atoms with van der Waals surface area (Å²) in [6.07, 6.45) is 5.35. The average molecular weight is 295 g/mol. The van der Waals surface area contributed by atoms with Gasteiger partial charge in [0, 0.05) is 13.1 Å². The van der Waals surface area contributed by atoms with Crippen molar-refractivity contribution in [3.8, 4) is 0 Å². The Bertz CT molecular complexity index is 424. The summed E-state index contributed by atoms with van der Waals surface area (Å²) in [5.41, 5.74) is -0.795. The Balaban J connectivity index is 2.20. The zero-order valence-corrected chi connectivity index (χ0v) is 13.0. The summed E-state index contributed by atoms with van der Waals surface area (Å²) in [6.45, 7) is 5.06. The van der Waals surface area contributed by atoms with Crippen LogP contribution in [0.1, 0.15) is 52.4 Å². The van der Waals surface area contributed by atoms with E-state index in [1.165, 1.54) is 4.90 Å². The molecular weight excluding hydrogens is 270 g/mol. The molecule has 0 radical (unpaired) electrons. The minimum absolute atomic E-state index is 0.000741. The van der Waals surface area contributed by atoms with Gasteiger partial charge in [-0.2, -0.15) is 0 Å². The van der Waals surface area contributed by atoms with Crippen molar-refractivity contribution >= 4 is 17.8 Å². The van der Waals surface area contributed by atoms with E-state index in [9.17, 15) is 14.4 Å². The molecule has 118 valence electrons. The van der Waals surface area contributed by atoms with E-state index in [4.69, 9.17) is 0 Å². The van der Waals surface area contributed by atoms with Gasteiger partial charge in [-0.05, 0) is 26.7 Å². The zero-order valence-electron chi connectivity index (χ0n) is 13.0. The summed E-state index contributed by atoms with van der Waals surface area (Å²) >= 11 is 0. The minimum atomic E-state index is -0.795. The van der Waals surface area contributed by atoms with E-state index in [2.05, 4.69) is 5.32 Å². The SMILES string of the molecule is CCN(CC)C(=O)CN1C(=O)NC(=O)C12CCCCCC2. The van der Waals surface area contributed by atoms with E-state index in [1.807, 2.05) is 13.8 Å². The molecule has 21 heavy (non-hydrogen) atoms. The lowest BCUT2D eigenvalue weighted by Crippen LogP contribution is -2.53. The molecule has 6 heteroatoms. The Morgan fingerprint density at radius 3 is 2.24 bits per heavy atom. The second kappa shape index (κ2) is 6.45. The molecule has 0 unspecified atom stereocenters. The van der Waals surface area contributed by atoms with Crippen molar-refractivity contribution in [3.63, 3.8) is 0 Å². The maximum Gasteiger partial charge on any atom is 0.325 e. The van der Waals surface area contributed by atoms with Crippen LogP contribution in [0.3, 0.4) is 0 Å². The van der Waals surface area contributed by atoms with Crippen molar-refractivity contribution in [1.82, 2.24) is 15.1 Å². The number of hydrogen-bond donors (Lipinski definition) is 1. The zero-order chi connectivity index (χ0) is 15.5. The van der Waals surface area contributed by atoms with E-state index < -0.39 is 11.6 Å². The standard InChI is InChI=1S/C15H25N3O3/c1-3-17(4-2)12(19)11-18-14(21)16-13(20)15(18)9-7-5-6-8-10-15/h3-11H2,1-2H3,(H,16,20,21). The van der Waals surface area contributed by atoms with Crippen LogP contribution in [0.4, 0.5) is 4.79 Å². The fourth-order valence-electron chi connectivity index (χ4n) is 3.44. The van der Waals surface area contributed by atoms with E-state index in [-0.39, 0.29) is 18.4 Å². The van der Waals surface area contributed by atoms with Crippen LogP contribution in [0.25, 0.3) is 0 Å². The van der Waals surface area contributed by atoms with Crippen molar-refractivity contribution in [3.05, 3.63) is 0 Å². The van der Waals surface area contributed by atoms with Crippen LogP contribution in [-0.4, -0.2) is 52.8 Å². The summed E-state index contributed by atoms with van der Waals surface area (Å²) in [5.74, 6) is -0.310. The van der Waals surface area contributed by atoms with Crippen molar-refractivity contribution in [2.45, 2.75) is 57.9 Å². The highest BCUT2D eigenvalue weighted by Gasteiger charge is 2.52. The molecule has 2 aliphatic rings. The minimum Gasteiger partial charge on any atom is -0.342 e. The number of amides is 4. The van der Waals surface area contributed by atoms with Crippen LogP contribution >= 0.6 is 0 Å². The van der Waals surface area contributed by atoms with Gasteiger partial charge in [-0.1, -0.05) is 25.7 Å². The lowest BCUT2D eigenvalue weighted by Gasteiger charge is -2.35. The van der Waals surface area contributed by atoms with Gasteiger partial charge in [0.1, 0.15) is 12.1 Å². The molecule has 0 aromatic rings. The molecule has 0 bridgehead atoms. The third-order valence-electron chi connectivity index (χ3n) is 4.75.